The van der Waals surface area contributed by atoms with Crippen LogP contribution in [0, 0.1) is 0 Å². The normalized spacial score (nSPS) is 14.8. The molecule has 4 nitrogen and oxygen atoms in total. The van der Waals surface area contributed by atoms with E-state index in [-0.39, 0.29) is 0 Å². The molecular formula is C13H25N3O. The van der Waals surface area contributed by atoms with E-state index in [9.17, 15) is 5.11 Å². The predicted octanol–water partition coefficient (Wildman–Crippen LogP) is 1.89. The number of aliphatic hydroxyl groups is 1. The Hall–Kier alpha value is -0.870. The summed E-state index contributed by atoms with van der Waals surface area (Å²) in [5, 5.41) is 17.9. The summed E-state index contributed by atoms with van der Waals surface area (Å²) in [5.41, 5.74) is 0.122. The number of aromatic nitrogens is 2. The first kappa shape index (κ1) is 14.2. The zero-order valence-electron chi connectivity index (χ0n) is 11.2. The molecule has 1 unspecified atom stereocenters. The summed E-state index contributed by atoms with van der Waals surface area (Å²) in [6, 6.07) is 0. The molecule has 0 saturated heterocycles. The quantitative estimate of drug-likeness (QED) is 0.681. The molecule has 1 aromatic heterocycles. The van der Waals surface area contributed by atoms with Crippen LogP contribution in [0.3, 0.4) is 0 Å². The molecule has 1 aromatic rings. The van der Waals surface area contributed by atoms with Gasteiger partial charge in [-0.1, -0.05) is 13.8 Å². The van der Waals surface area contributed by atoms with Gasteiger partial charge in [0.15, 0.2) is 0 Å². The number of nitrogens with one attached hydrogen (secondary N) is 1. The van der Waals surface area contributed by atoms with Crippen LogP contribution in [0.2, 0.25) is 0 Å². The molecule has 0 saturated carbocycles. The fourth-order valence-corrected chi connectivity index (χ4v) is 1.77. The SMILES string of the molecule is CCCNCCC(C)(O)c1cnn(CCC)c1. The molecule has 17 heavy (non-hydrogen) atoms. The number of rotatable bonds is 8. The zero-order valence-corrected chi connectivity index (χ0v) is 11.2. The maximum absolute atomic E-state index is 10.4. The average Bonchev–Trinajstić information content (AvgIpc) is 2.74. The summed E-state index contributed by atoms with van der Waals surface area (Å²) in [4.78, 5) is 0. The summed E-state index contributed by atoms with van der Waals surface area (Å²) in [6.45, 7) is 8.86. The molecule has 1 atom stereocenters. The van der Waals surface area contributed by atoms with Gasteiger partial charge in [0.05, 0.1) is 11.8 Å². The third-order valence-corrected chi connectivity index (χ3v) is 2.92. The third kappa shape index (κ3) is 4.48. The van der Waals surface area contributed by atoms with E-state index in [1.54, 1.807) is 6.20 Å². The highest BCUT2D eigenvalue weighted by Crippen LogP contribution is 2.23. The molecule has 0 aliphatic rings. The summed E-state index contributed by atoms with van der Waals surface area (Å²) >= 11 is 0. The fraction of sp³-hybridized carbons (Fsp3) is 0.769. The van der Waals surface area contributed by atoms with Crippen molar-refractivity contribution in [3.05, 3.63) is 18.0 Å². The van der Waals surface area contributed by atoms with Crippen molar-refractivity contribution in [2.75, 3.05) is 13.1 Å². The van der Waals surface area contributed by atoms with Gasteiger partial charge in [-0.15, -0.1) is 0 Å². The second kappa shape index (κ2) is 6.77. The lowest BCUT2D eigenvalue weighted by atomic mass is 9.95. The Kier molecular flexibility index (Phi) is 5.65. The Morgan fingerprint density at radius 1 is 1.35 bits per heavy atom. The van der Waals surface area contributed by atoms with Gasteiger partial charge in [-0.3, -0.25) is 4.68 Å². The topological polar surface area (TPSA) is 50.1 Å². The van der Waals surface area contributed by atoms with Gasteiger partial charge in [0.1, 0.15) is 0 Å². The van der Waals surface area contributed by atoms with E-state index in [1.165, 1.54) is 0 Å². The molecule has 2 N–H and O–H groups in total. The minimum atomic E-state index is -0.785. The third-order valence-electron chi connectivity index (χ3n) is 2.92. The lowest BCUT2D eigenvalue weighted by Gasteiger charge is -2.21. The van der Waals surface area contributed by atoms with Crippen molar-refractivity contribution in [2.45, 2.75) is 52.2 Å². The summed E-state index contributed by atoms with van der Waals surface area (Å²) in [7, 11) is 0. The molecule has 1 rings (SSSR count). The van der Waals surface area contributed by atoms with Crippen LogP contribution in [0.15, 0.2) is 12.4 Å². The van der Waals surface area contributed by atoms with Crippen LogP contribution in [-0.4, -0.2) is 28.0 Å². The maximum atomic E-state index is 10.4. The molecule has 0 fully saturated rings. The highest BCUT2D eigenvalue weighted by atomic mass is 16.3. The van der Waals surface area contributed by atoms with Gasteiger partial charge in [-0.05, 0) is 39.3 Å². The van der Waals surface area contributed by atoms with Crippen LogP contribution >= 0.6 is 0 Å². The van der Waals surface area contributed by atoms with E-state index in [2.05, 4.69) is 24.3 Å². The molecule has 4 heteroatoms. The number of nitrogens with zero attached hydrogens (tertiary/aromatic N) is 2. The summed E-state index contributed by atoms with van der Waals surface area (Å²) < 4.78 is 1.89. The Bertz CT molecular complexity index is 320. The van der Waals surface area contributed by atoms with Gasteiger partial charge in [-0.25, -0.2) is 0 Å². The molecule has 0 radical (unpaired) electrons. The van der Waals surface area contributed by atoms with Crippen molar-refractivity contribution in [3.63, 3.8) is 0 Å². The molecule has 0 aromatic carbocycles. The lowest BCUT2D eigenvalue weighted by Crippen LogP contribution is -2.27. The van der Waals surface area contributed by atoms with Gasteiger partial charge in [-0.2, -0.15) is 5.10 Å². The van der Waals surface area contributed by atoms with E-state index < -0.39 is 5.60 Å². The molecule has 0 spiro atoms. The van der Waals surface area contributed by atoms with Gasteiger partial charge >= 0.3 is 0 Å². The molecule has 0 aliphatic heterocycles. The van der Waals surface area contributed by atoms with E-state index in [1.807, 2.05) is 17.8 Å². The first-order valence-electron chi connectivity index (χ1n) is 6.56. The van der Waals surface area contributed by atoms with Crippen LogP contribution in [0.25, 0.3) is 0 Å². The Balaban J connectivity index is 2.49. The van der Waals surface area contributed by atoms with E-state index in [0.717, 1.165) is 38.0 Å². The second-order valence-electron chi connectivity index (χ2n) is 4.77. The number of hydrogen-bond acceptors (Lipinski definition) is 3. The molecule has 98 valence electrons. The Labute approximate surface area is 104 Å². The van der Waals surface area contributed by atoms with Crippen LogP contribution in [-0.2, 0) is 12.1 Å². The van der Waals surface area contributed by atoms with Crippen molar-refractivity contribution < 1.29 is 5.11 Å². The highest BCUT2D eigenvalue weighted by molar-refractivity contribution is 5.13. The average molecular weight is 239 g/mol. The first-order valence-corrected chi connectivity index (χ1v) is 6.56. The van der Waals surface area contributed by atoms with Gasteiger partial charge in [0.2, 0.25) is 0 Å². The van der Waals surface area contributed by atoms with Gasteiger partial charge in [0.25, 0.3) is 0 Å². The lowest BCUT2D eigenvalue weighted by molar-refractivity contribution is 0.0480. The number of aryl methyl sites for hydroxylation is 1. The zero-order chi connectivity index (χ0) is 12.7. The molecule has 0 aliphatic carbocycles. The van der Waals surface area contributed by atoms with Gasteiger partial charge in [0, 0.05) is 18.3 Å². The maximum Gasteiger partial charge on any atom is 0.0910 e. The van der Waals surface area contributed by atoms with Gasteiger partial charge < -0.3 is 10.4 Å². The predicted molar refractivity (Wildman–Crippen MR) is 69.9 cm³/mol. The standard InChI is InChI=1S/C13H25N3O/c1-4-7-14-8-6-13(3,17)12-10-15-16(11-12)9-5-2/h10-11,14,17H,4-9H2,1-3H3. The van der Waals surface area contributed by atoms with E-state index in [4.69, 9.17) is 0 Å². The molecular weight excluding hydrogens is 214 g/mol. The van der Waals surface area contributed by atoms with Crippen LogP contribution in [0.4, 0.5) is 0 Å². The largest absolute Gasteiger partial charge is 0.385 e. The monoisotopic (exact) mass is 239 g/mol. The van der Waals surface area contributed by atoms with Crippen molar-refractivity contribution in [3.8, 4) is 0 Å². The summed E-state index contributed by atoms with van der Waals surface area (Å²) in [5.74, 6) is 0. The first-order chi connectivity index (χ1) is 8.10. The molecule has 1 heterocycles. The van der Waals surface area contributed by atoms with Crippen LogP contribution in [0.5, 0.6) is 0 Å². The summed E-state index contributed by atoms with van der Waals surface area (Å²) in [6.07, 6.45) is 6.61. The highest BCUT2D eigenvalue weighted by Gasteiger charge is 2.24. The van der Waals surface area contributed by atoms with Crippen LogP contribution < -0.4 is 5.32 Å². The smallest absolute Gasteiger partial charge is 0.0910 e. The Morgan fingerprint density at radius 2 is 2.12 bits per heavy atom. The van der Waals surface area contributed by atoms with Crippen molar-refractivity contribution in [1.82, 2.24) is 15.1 Å². The van der Waals surface area contributed by atoms with E-state index >= 15 is 0 Å². The molecule has 0 bridgehead atoms. The molecule has 0 amide bonds. The van der Waals surface area contributed by atoms with Crippen molar-refractivity contribution in [2.24, 2.45) is 0 Å². The van der Waals surface area contributed by atoms with E-state index in [0.29, 0.717) is 6.42 Å². The van der Waals surface area contributed by atoms with Crippen LogP contribution in [0.1, 0.15) is 45.6 Å². The van der Waals surface area contributed by atoms with Crippen molar-refractivity contribution in [1.29, 1.82) is 0 Å². The minimum absolute atomic E-state index is 0.713. The Morgan fingerprint density at radius 3 is 2.76 bits per heavy atom. The minimum Gasteiger partial charge on any atom is -0.385 e. The number of hydrogen-bond donors (Lipinski definition) is 2. The fourth-order valence-electron chi connectivity index (χ4n) is 1.77. The second-order valence-corrected chi connectivity index (χ2v) is 4.77. The van der Waals surface area contributed by atoms with Crippen molar-refractivity contribution >= 4 is 0 Å².